The van der Waals surface area contributed by atoms with Gasteiger partial charge in [0.1, 0.15) is 11.2 Å². The zero-order valence-corrected chi connectivity index (χ0v) is 27.3. The van der Waals surface area contributed by atoms with Gasteiger partial charge in [-0.25, -0.2) is 0 Å². The third-order valence-electron chi connectivity index (χ3n) is 10.0. The van der Waals surface area contributed by atoms with Crippen molar-refractivity contribution in [2.24, 2.45) is 0 Å². The fourth-order valence-corrected chi connectivity index (χ4v) is 7.89. The van der Waals surface area contributed by atoms with Gasteiger partial charge in [0.25, 0.3) is 0 Å². The van der Waals surface area contributed by atoms with Gasteiger partial charge in [-0.15, -0.1) is 0 Å². The first-order chi connectivity index (χ1) is 24.8. The third-order valence-corrected chi connectivity index (χ3v) is 10.0. The Morgan fingerprint density at radius 3 is 1.26 bits per heavy atom. The Kier molecular flexibility index (Phi) is 6.53. The van der Waals surface area contributed by atoms with Crippen LogP contribution in [0, 0.1) is 0 Å². The number of hydrogen-bond acceptors (Lipinski definition) is 2. The van der Waals surface area contributed by atoms with Gasteiger partial charge in [0, 0.05) is 33.2 Å². The second-order valence-electron chi connectivity index (χ2n) is 12.8. The summed E-state index contributed by atoms with van der Waals surface area (Å²) in [5.74, 6) is 0. The molecule has 0 aliphatic carbocycles. The summed E-state index contributed by atoms with van der Waals surface area (Å²) in [6.07, 6.45) is 0. The van der Waals surface area contributed by atoms with Gasteiger partial charge in [0.2, 0.25) is 0 Å². The first-order valence-corrected chi connectivity index (χ1v) is 17.1. The summed E-state index contributed by atoms with van der Waals surface area (Å²) in [6.45, 7) is 0. The van der Waals surface area contributed by atoms with Crippen LogP contribution < -0.4 is 4.90 Å². The van der Waals surface area contributed by atoms with Crippen molar-refractivity contribution in [3.8, 4) is 0 Å². The van der Waals surface area contributed by atoms with Crippen LogP contribution in [-0.2, 0) is 0 Å². The van der Waals surface area contributed by atoms with E-state index in [9.17, 15) is 0 Å². The van der Waals surface area contributed by atoms with Crippen LogP contribution in [0.2, 0.25) is 0 Å². The fourth-order valence-electron chi connectivity index (χ4n) is 7.89. The second kappa shape index (κ2) is 11.5. The first-order valence-electron chi connectivity index (χ1n) is 17.1. The number of anilines is 3. The van der Waals surface area contributed by atoms with Crippen molar-refractivity contribution in [3.63, 3.8) is 0 Å². The molecule has 0 bridgehead atoms. The summed E-state index contributed by atoms with van der Waals surface area (Å²) >= 11 is 0. The molecule has 0 fully saturated rings. The fraction of sp³-hybridized carbons (Fsp3) is 0. The second-order valence-corrected chi connectivity index (χ2v) is 12.8. The topological polar surface area (TPSA) is 16.4 Å². The summed E-state index contributed by atoms with van der Waals surface area (Å²) in [4.78, 5) is 2.35. The summed E-state index contributed by atoms with van der Waals surface area (Å²) in [7, 11) is 0. The van der Waals surface area contributed by atoms with Gasteiger partial charge in [-0.3, -0.25) is 0 Å². The van der Waals surface area contributed by atoms with Gasteiger partial charge in [0.15, 0.2) is 0 Å². The minimum atomic E-state index is 0.887. The van der Waals surface area contributed by atoms with E-state index in [2.05, 4.69) is 187 Å². The van der Waals surface area contributed by atoms with Gasteiger partial charge in [-0.05, 0) is 103 Å². The molecule has 9 aromatic carbocycles. The van der Waals surface area contributed by atoms with E-state index in [1.54, 1.807) is 0 Å². The minimum Gasteiger partial charge on any atom is -0.456 e. The largest absolute Gasteiger partial charge is 0.456 e. The molecule has 10 rings (SSSR count). The van der Waals surface area contributed by atoms with Crippen molar-refractivity contribution in [2.75, 3.05) is 4.90 Å². The Labute approximate surface area is 289 Å². The zero-order valence-electron chi connectivity index (χ0n) is 27.3. The maximum Gasteiger partial charge on any atom is 0.136 e. The number of nitrogens with zero attached hydrogens (tertiary/aromatic N) is 1. The molecule has 10 aromatic rings. The number of fused-ring (bicyclic) bond motifs is 14. The maximum atomic E-state index is 6.54. The third kappa shape index (κ3) is 4.43. The number of rotatable bonds is 3. The van der Waals surface area contributed by atoms with Crippen molar-refractivity contribution in [1.82, 2.24) is 0 Å². The molecule has 0 saturated carbocycles. The lowest BCUT2D eigenvalue weighted by Crippen LogP contribution is -2.09. The summed E-state index contributed by atoms with van der Waals surface area (Å²) in [6, 6.07) is 67.7. The maximum absolute atomic E-state index is 6.54. The van der Waals surface area contributed by atoms with Gasteiger partial charge in [-0.1, -0.05) is 133 Å². The summed E-state index contributed by atoms with van der Waals surface area (Å²) in [5.41, 5.74) is 5.08. The molecule has 0 radical (unpaired) electrons. The molecule has 234 valence electrons. The molecule has 0 atom stereocenters. The molecule has 1 heterocycles. The molecule has 50 heavy (non-hydrogen) atoms. The van der Waals surface area contributed by atoms with Gasteiger partial charge in [0.05, 0.1) is 0 Å². The molecule has 0 spiro atoms. The molecule has 0 amide bonds. The lowest BCUT2D eigenvalue weighted by Gasteiger charge is -2.26. The Morgan fingerprint density at radius 2 is 0.680 bits per heavy atom. The highest BCUT2D eigenvalue weighted by Crippen LogP contribution is 2.43. The van der Waals surface area contributed by atoms with E-state index in [1.165, 1.54) is 53.9 Å². The Morgan fingerprint density at radius 1 is 0.260 bits per heavy atom. The standard InChI is InChI=1S/C48H31NO/c1-3-15-32(16-4-1)49(33-17-5-2-6-18-33)34-27-28-40-38-22-10-8-20-36(38)35-19-7-9-21-37(35)39-23-11-12-24-41(39)47-42(44(40)31-34)29-30-46-48(47)43-25-13-14-26-45(43)50-46/h1-31H. The van der Waals surface area contributed by atoms with E-state index in [4.69, 9.17) is 4.42 Å². The highest BCUT2D eigenvalue weighted by molar-refractivity contribution is 6.33. The number of hydrogen-bond donors (Lipinski definition) is 0. The predicted octanol–water partition coefficient (Wildman–Crippen LogP) is 13.9. The van der Waals surface area contributed by atoms with Crippen LogP contribution in [0.3, 0.4) is 0 Å². The summed E-state index contributed by atoms with van der Waals surface area (Å²) in [5, 5.41) is 14.2. The van der Waals surface area contributed by atoms with Gasteiger partial charge in [-0.2, -0.15) is 0 Å². The van der Waals surface area contributed by atoms with Crippen LogP contribution in [0.15, 0.2) is 192 Å². The van der Waals surface area contributed by atoms with E-state index in [0.717, 1.165) is 39.0 Å². The van der Waals surface area contributed by atoms with Crippen LogP contribution in [-0.4, -0.2) is 0 Å². The van der Waals surface area contributed by atoms with Crippen LogP contribution >= 0.6 is 0 Å². The average Bonchev–Trinajstić information content (AvgIpc) is 3.57. The van der Waals surface area contributed by atoms with Crippen molar-refractivity contribution >= 4 is 92.9 Å². The van der Waals surface area contributed by atoms with E-state index < -0.39 is 0 Å². The van der Waals surface area contributed by atoms with Crippen molar-refractivity contribution in [1.29, 1.82) is 0 Å². The SMILES string of the molecule is c1ccc(N(c2ccccc2)c2ccc3c4ccccc4c4ccccc4c4ccccc4c4c(ccc5oc6ccccc6c54)c3c2)cc1. The lowest BCUT2D eigenvalue weighted by molar-refractivity contribution is 0.669. The van der Waals surface area contributed by atoms with Crippen LogP contribution in [0.1, 0.15) is 0 Å². The number of benzene rings is 8. The van der Waals surface area contributed by atoms with Crippen LogP contribution in [0.5, 0.6) is 0 Å². The summed E-state index contributed by atoms with van der Waals surface area (Å²) < 4.78 is 6.54. The Balaban J connectivity index is 1.51. The van der Waals surface area contributed by atoms with E-state index in [-0.39, 0.29) is 0 Å². The highest BCUT2D eigenvalue weighted by atomic mass is 16.3. The van der Waals surface area contributed by atoms with E-state index in [0.29, 0.717) is 0 Å². The van der Waals surface area contributed by atoms with Crippen molar-refractivity contribution in [3.05, 3.63) is 188 Å². The van der Waals surface area contributed by atoms with E-state index in [1.807, 2.05) is 6.07 Å². The van der Waals surface area contributed by atoms with Crippen LogP contribution in [0.4, 0.5) is 17.1 Å². The Bertz CT molecular complexity index is 2940. The molecule has 0 aliphatic rings. The normalized spacial score (nSPS) is 11.6. The molecule has 0 aliphatic heterocycles. The molecular weight excluding hydrogens is 607 g/mol. The number of para-hydroxylation sites is 3. The Hall–Kier alpha value is -6.64. The smallest absolute Gasteiger partial charge is 0.136 e. The van der Waals surface area contributed by atoms with E-state index >= 15 is 0 Å². The molecule has 2 heteroatoms. The number of furan rings is 1. The minimum absolute atomic E-state index is 0.887. The molecule has 0 N–H and O–H groups in total. The molecule has 0 saturated heterocycles. The average molecular weight is 638 g/mol. The molecular formula is C48H31NO. The molecule has 2 nitrogen and oxygen atoms in total. The van der Waals surface area contributed by atoms with Crippen molar-refractivity contribution in [2.45, 2.75) is 0 Å². The zero-order chi connectivity index (χ0) is 33.0. The van der Waals surface area contributed by atoms with Crippen LogP contribution in [0.25, 0.3) is 75.8 Å². The molecule has 0 unspecified atom stereocenters. The monoisotopic (exact) mass is 637 g/mol. The highest BCUT2D eigenvalue weighted by Gasteiger charge is 2.17. The quantitative estimate of drug-likeness (QED) is 0.192. The van der Waals surface area contributed by atoms with Gasteiger partial charge >= 0.3 is 0 Å². The predicted molar refractivity (Wildman–Crippen MR) is 214 cm³/mol. The van der Waals surface area contributed by atoms with Gasteiger partial charge < -0.3 is 9.32 Å². The van der Waals surface area contributed by atoms with Crippen molar-refractivity contribution < 1.29 is 4.42 Å². The molecule has 1 aromatic heterocycles. The first kappa shape index (κ1) is 28.4. The lowest BCUT2D eigenvalue weighted by atomic mass is 9.92.